The van der Waals surface area contributed by atoms with Crippen LogP contribution in [0.3, 0.4) is 0 Å². The highest BCUT2D eigenvalue weighted by atomic mass is 16.7. The average molecular weight is 287 g/mol. The van der Waals surface area contributed by atoms with Gasteiger partial charge in [-0.05, 0) is 43.5 Å². The summed E-state index contributed by atoms with van der Waals surface area (Å²) < 4.78 is 23.7. The van der Waals surface area contributed by atoms with Crippen LogP contribution in [-0.2, 0) is 14.9 Å². The first kappa shape index (κ1) is 11.3. The quantitative estimate of drug-likeness (QED) is 0.785. The van der Waals surface area contributed by atoms with Gasteiger partial charge in [-0.15, -0.1) is 0 Å². The lowest BCUT2D eigenvalue weighted by atomic mass is 9.62. The van der Waals surface area contributed by atoms with Gasteiger partial charge >= 0.3 is 0 Å². The lowest BCUT2D eigenvalue weighted by molar-refractivity contribution is -0.0897. The third kappa shape index (κ3) is 1.17. The third-order valence-corrected chi connectivity index (χ3v) is 6.01. The standard InChI is InChI=1S/C16H17NO4/c1-2-13-16(3-4-17-13)9-6-12-11(18-7-19-12)5-8(9)15-20-10(1)14(16)21-15/h5-6,10,13-15,17H,1-4,7H2/t10-,13?,14?,15-,16+/m1/s1. The van der Waals surface area contributed by atoms with Crippen molar-refractivity contribution in [3.63, 3.8) is 0 Å². The SMILES string of the molecule is c1c2c(cc3c1[C@H]1OC4[C@@H](CCC5NCC[C@]354)O1)OCO2. The average Bonchev–Trinajstić information content (AvgIpc) is 3.20. The molecule has 0 radical (unpaired) electrons. The van der Waals surface area contributed by atoms with Crippen LogP contribution in [-0.4, -0.2) is 31.6 Å². The summed E-state index contributed by atoms with van der Waals surface area (Å²) in [4.78, 5) is 0. The fraction of sp³-hybridized carbons (Fsp3) is 0.625. The van der Waals surface area contributed by atoms with E-state index in [9.17, 15) is 0 Å². The highest BCUT2D eigenvalue weighted by Crippen LogP contribution is 2.59. The predicted octanol–water partition coefficient (Wildman–Crippen LogP) is 1.60. The molecule has 4 aliphatic heterocycles. The molecule has 0 amide bonds. The molecule has 21 heavy (non-hydrogen) atoms. The summed E-state index contributed by atoms with van der Waals surface area (Å²) >= 11 is 0. The van der Waals surface area contributed by atoms with Crippen molar-refractivity contribution in [1.29, 1.82) is 0 Å². The van der Waals surface area contributed by atoms with Crippen LogP contribution >= 0.6 is 0 Å². The number of fused-ring (bicyclic) bond motifs is 4. The number of hydrogen-bond acceptors (Lipinski definition) is 5. The van der Waals surface area contributed by atoms with Crippen molar-refractivity contribution in [2.24, 2.45) is 0 Å². The zero-order valence-electron chi connectivity index (χ0n) is 11.6. The molecule has 5 heteroatoms. The largest absolute Gasteiger partial charge is 0.454 e. The molecule has 2 unspecified atom stereocenters. The van der Waals surface area contributed by atoms with E-state index in [2.05, 4.69) is 17.4 Å². The molecule has 5 nitrogen and oxygen atoms in total. The van der Waals surface area contributed by atoms with E-state index in [1.807, 2.05) is 0 Å². The van der Waals surface area contributed by atoms with Gasteiger partial charge in [0.05, 0.1) is 12.2 Å². The highest BCUT2D eigenvalue weighted by molar-refractivity contribution is 5.55. The van der Waals surface area contributed by atoms with E-state index in [-0.39, 0.29) is 23.9 Å². The van der Waals surface area contributed by atoms with Crippen molar-refractivity contribution in [2.45, 2.75) is 49.2 Å². The summed E-state index contributed by atoms with van der Waals surface area (Å²) in [6.07, 6.45) is 3.54. The first-order valence-corrected chi connectivity index (χ1v) is 7.84. The fourth-order valence-electron chi connectivity index (χ4n) is 5.17. The molecule has 2 bridgehead atoms. The van der Waals surface area contributed by atoms with Crippen LogP contribution in [0.1, 0.15) is 36.7 Å². The van der Waals surface area contributed by atoms with Gasteiger partial charge in [0.15, 0.2) is 17.8 Å². The van der Waals surface area contributed by atoms with Gasteiger partial charge in [0, 0.05) is 17.0 Å². The van der Waals surface area contributed by atoms with E-state index in [0.717, 1.165) is 42.9 Å². The Balaban J connectivity index is 1.65. The second-order valence-electron chi connectivity index (χ2n) is 6.73. The van der Waals surface area contributed by atoms with E-state index >= 15 is 0 Å². The van der Waals surface area contributed by atoms with Crippen molar-refractivity contribution in [3.05, 3.63) is 23.3 Å². The Labute approximate surface area is 122 Å². The number of rotatable bonds is 0. The second kappa shape index (κ2) is 3.54. The molecule has 2 saturated heterocycles. The Morgan fingerprint density at radius 2 is 2.00 bits per heavy atom. The van der Waals surface area contributed by atoms with Crippen molar-refractivity contribution in [1.82, 2.24) is 5.32 Å². The van der Waals surface area contributed by atoms with Crippen LogP contribution in [0.5, 0.6) is 11.5 Å². The highest BCUT2D eigenvalue weighted by Gasteiger charge is 2.63. The normalized spacial score (nSPS) is 44.6. The Morgan fingerprint density at radius 1 is 1.10 bits per heavy atom. The van der Waals surface area contributed by atoms with Crippen molar-refractivity contribution < 1.29 is 18.9 Å². The van der Waals surface area contributed by atoms with E-state index in [1.165, 1.54) is 5.56 Å². The number of benzene rings is 1. The van der Waals surface area contributed by atoms with Gasteiger partial charge in [-0.3, -0.25) is 0 Å². The smallest absolute Gasteiger partial charge is 0.231 e. The van der Waals surface area contributed by atoms with E-state index < -0.39 is 0 Å². The Hall–Kier alpha value is -1.30. The molecule has 4 heterocycles. The first-order chi connectivity index (χ1) is 10.4. The second-order valence-corrected chi connectivity index (χ2v) is 6.73. The minimum absolute atomic E-state index is 0.0478. The summed E-state index contributed by atoms with van der Waals surface area (Å²) in [5, 5.41) is 3.69. The fourth-order valence-corrected chi connectivity index (χ4v) is 5.17. The number of nitrogens with one attached hydrogen (secondary N) is 1. The molecule has 110 valence electrons. The van der Waals surface area contributed by atoms with Crippen LogP contribution in [0.15, 0.2) is 12.1 Å². The number of ether oxygens (including phenoxy) is 4. The topological polar surface area (TPSA) is 49.0 Å². The summed E-state index contributed by atoms with van der Waals surface area (Å²) in [5.41, 5.74) is 2.56. The van der Waals surface area contributed by atoms with Gasteiger partial charge < -0.3 is 24.3 Å². The van der Waals surface area contributed by atoms with Crippen molar-refractivity contribution in [2.75, 3.05) is 13.3 Å². The zero-order valence-corrected chi connectivity index (χ0v) is 11.6. The molecular formula is C16H17NO4. The molecule has 1 N–H and O–H groups in total. The minimum atomic E-state index is -0.227. The number of hydrogen-bond donors (Lipinski definition) is 1. The maximum absolute atomic E-state index is 6.30. The monoisotopic (exact) mass is 287 g/mol. The zero-order chi connectivity index (χ0) is 13.6. The minimum Gasteiger partial charge on any atom is -0.454 e. The van der Waals surface area contributed by atoms with Gasteiger partial charge in [0.2, 0.25) is 6.79 Å². The maximum Gasteiger partial charge on any atom is 0.231 e. The molecule has 3 fully saturated rings. The molecular weight excluding hydrogens is 270 g/mol. The molecule has 1 aromatic carbocycles. The summed E-state index contributed by atoms with van der Waals surface area (Å²) in [7, 11) is 0. The molecule has 1 aliphatic carbocycles. The van der Waals surface area contributed by atoms with Gasteiger partial charge in [0.1, 0.15) is 0 Å². The van der Waals surface area contributed by atoms with E-state index in [0.29, 0.717) is 12.8 Å². The van der Waals surface area contributed by atoms with Crippen LogP contribution < -0.4 is 14.8 Å². The maximum atomic E-state index is 6.30. The van der Waals surface area contributed by atoms with Gasteiger partial charge in [0.25, 0.3) is 0 Å². The Bertz CT molecular complexity index is 647. The lowest BCUT2D eigenvalue weighted by Crippen LogP contribution is -2.57. The molecule has 1 saturated carbocycles. The molecule has 6 rings (SSSR count). The van der Waals surface area contributed by atoms with Gasteiger partial charge in [-0.25, -0.2) is 0 Å². The molecule has 1 spiro atoms. The van der Waals surface area contributed by atoms with Crippen LogP contribution in [0, 0.1) is 0 Å². The molecule has 1 aromatic rings. The van der Waals surface area contributed by atoms with Crippen LogP contribution in [0.2, 0.25) is 0 Å². The van der Waals surface area contributed by atoms with Gasteiger partial charge in [-0.1, -0.05) is 0 Å². The summed E-state index contributed by atoms with van der Waals surface area (Å²) in [6.45, 7) is 1.36. The lowest BCUT2D eigenvalue weighted by Gasteiger charge is -2.47. The van der Waals surface area contributed by atoms with Crippen LogP contribution in [0.4, 0.5) is 0 Å². The predicted molar refractivity (Wildman–Crippen MR) is 72.4 cm³/mol. The van der Waals surface area contributed by atoms with Crippen molar-refractivity contribution >= 4 is 0 Å². The molecule has 0 aromatic heterocycles. The third-order valence-electron chi connectivity index (χ3n) is 6.01. The Kier molecular flexibility index (Phi) is 1.90. The van der Waals surface area contributed by atoms with Crippen molar-refractivity contribution in [3.8, 4) is 11.5 Å². The molecule has 5 aliphatic rings. The Morgan fingerprint density at radius 3 is 2.95 bits per heavy atom. The van der Waals surface area contributed by atoms with Crippen LogP contribution in [0.25, 0.3) is 0 Å². The van der Waals surface area contributed by atoms with Gasteiger partial charge in [-0.2, -0.15) is 0 Å². The van der Waals surface area contributed by atoms with E-state index in [4.69, 9.17) is 18.9 Å². The van der Waals surface area contributed by atoms with E-state index in [1.54, 1.807) is 0 Å². The summed E-state index contributed by atoms with van der Waals surface area (Å²) in [6, 6.07) is 4.75. The summed E-state index contributed by atoms with van der Waals surface area (Å²) in [5.74, 6) is 1.69. The first-order valence-electron chi connectivity index (χ1n) is 7.84. The molecule has 5 atom stereocenters.